The van der Waals surface area contributed by atoms with Crippen molar-refractivity contribution >= 4 is 0 Å². The van der Waals surface area contributed by atoms with Crippen LogP contribution in [0.2, 0.25) is 0 Å². The van der Waals surface area contributed by atoms with Gasteiger partial charge in [0.15, 0.2) is 11.6 Å². The van der Waals surface area contributed by atoms with Crippen molar-refractivity contribution in [2.45, 2.75) is 82.6 Å². The Balaban J connectivity index is 1.81. The Kier molecular flexibility index (Phi) is 3.83. The van der Waals surface area contributed by atoms with E-state index in [1.54, 1.807) is 0 Å². The summed E-state index contributed by atoms with van der Waals surface area (Å²) in [5, 5.41) is 0. The lowest BCUT2D eigenvalue weighted by atomic mass is 9.93. The molecule has 3 saturated heterocycles. The average Bonchev–Trinajstić information content (AvgIpc) is 2.81. The Hall–Kier alpha value is -0.240. The van der Waals surface area contributed by atoms with Crippen LogP contribution in [-0.2, 0) is 23.7 Å². The van der Waals surface area contributed by atoms with Crippen molar-refractivity contribution in [3.63, 3.8) is 0 Å². The first kappa shape index (κ1) is 15.6. The maximum absolute atomic E-state index is 6.14. The van der Waals surface area contributed by atoms with Crippen LogP contribution >= 0.6 is 0 Å². The fourth-order valence-corrected chi connectivity index (χ4v) is 3.58. The fourth-order valence-electron chi connectivity index (χ4n) is 3.58. The predicted octanol–water partition coefficient (Wildman–Crippen LogP) is 1.51. The van der Waals surface area contributed by atoms with Gasteiger partial charge in [-0.05, 0) is 47.1 Å². The van der Waals surface area contributed by atoms with E-state index in [9.17, 15) is 0 Å². The summed E-state index contributed by atoms with van der Waals surface area (Å²) in [5.74, 6) is -2.04. The number of hydrogen-bond acceptors (Lipinski definition) is 6. The molecule has 6 heteroatoms. The van der Waals surface area contributed by atoms with E-state index in [4.69, 9.17) is 29.4 Å². The van der Waals surface area contributed by atoms with E-state index >= 15 is 0 Å². The molecule has 3 aliphatic rings. The zero-order chi connectivity index (χ0) is 15.3. The van der Waals surface area contributed by atoms with E-state index in [-0.39, 0.29) is 18.3 Å². The molecule has 3 fully saturated rings. The summed E-state index contributed by atoms with van der Waals surface area (Å²) < 4.78 is 30.3. The fraction of sp³-hybridized carbons (Fsp3) is 1.00. The van der Waals surface area contributed by atoms with Crippen LogP contribution < -0.4 is 5.73 Å². The molecule has 0 unspecified atom stereocenters. The van der Waals surface area contributed by atoms with Gasteiger partial charge in [0.05, 0.1) is 6.61 Å². The van der Waals surface area contributed by atoms with Gasteiger partial charge in [0, 0.05) is 6.42 Å². The lowest BCUT2D eigenvalue weighted by Crippen LogP contribution is -2.58. The van der Waals surface area contributed by atoms with Crippen LogP contribution in [0.3, 0.4) is 0 Å². The van der Waals surface area contributed by atoms with E-state index in [0.29, 0.717) is 13.2 Å². The average molecular weight is 301 g/mol. The molecule has 0 aromatic carbocycles. The molecule has 6 nitrogen and oxygen atoms in total. The quantitative estimate of drug-likeness (QED) is 0.794. The van der Waals surface area contributed by atoms with Gasteiger partial charge in [-0.3, -0.25) is 0 Å². The third-order valence-corrected chi connectivity index (χ3v) is 4.25. The van der Waals surface area contributed by atoms with Crippen molar-refractivity contribution in [2.75, 3.05) is 13.2 Å². The molecule has 21 heavy (non-hydrogen) atoms. The second kappa shape index (κ2) is 5.15. The second-order valence-electron chi connectivity index (χ2n) is 7.05. The first-order valence-electron chi connectivity index (χ1n) is 7.85. The van der Waals surface area contributed by atoms with Gasteiger partial charge < -0.3 is 29.4 Å². The van der Waals surface area contributed by atoms with E-state index < -0.39 is 17.4 Å². The van der Waals surface area contributed by atoms with Gasteiger partial charge >= 0.3 is 0 Å². The van der Waals surface area contributed by atoms with Gasteiger partial charge in [0.1, 0.15) is 18.3 Å². The van der Waals surface area contributed by atoms with Crippen LogP contribution in [0, 0.1) is 0 Å². The third kappa shape index (κ3) is 2.85. The van der Waals surface area contributed by atoms with Crippen molar-refractivity contribution in [3.8, 4) is 0 Å². The number of rotatable bonds is 4. The van der Waals surface area contributed by atoms with Crippen LogP contribution in [0.4, 0.5) is 0 Å². The molecule has 0 aliphatic carbocycles. The lowest BCUT2D eigenvalue weighted by molar-refractivity contribution is -0.284. The van der Waals surface area contributed by atoms with Crippen LogP contribution in [0.1, 0.15) is 47.0 Å². The van der Waals surface area contributed by atoms with E-state index in [2.05, 4.69) is 0 Å². The van der Waals surface area contributed by atoms with Gasteiger partial charge in [-0.1, -0.05) is 0 Å². The molecule has 0 amide bonds. The largest absolute Gasteiger partial charge is 0.344 e. The third-order valence-electron chi connectivity index (χ3n) is 4.25. The van der Waals surface area contributed by atoms with Crippen LogP contribution in [0.15, 0.2) is 0 Å². The monoisotopic (exact) mass is 301 g/mol. The minimum Gasteiger partial charge on any atom is -0.344 e. The minimum absolute atomic E-state index is 0.106. The Morgan fingerprint density at radius 2 is 1.76 bits per heavy atom. The highest BCUT2D eigenvalue weighted by Crippen LogP contribution is 2.49. The first-order valence-corrected chi connectivity index (χ1v) is 7.85. The van der Waals surface area contributed by atoms with Crippen molar-refractivity contribution in [1.29, 1.82) is 0 Å². The Labute approximate surface area is 126 Å². The number of fused-ring (bicyclic) bond motifs is 3. The molecule has 0 spiro atoms. The van der Waals surface area contributed by atoms with Gasteiger partial charge in [-0.2, -0.15) is 0 Å². The molecule has 3 heterocycles. The maximum Gasteiger partial charge on any atom is 0.200 e. The molecule has 4 atom stereocenters. The highest BCUT2D eigenvalue weighted by Gasteiger charge is 2.64. The van der Waals surface area contributed by atoms with Crippen molar-refractivity contribution in [1.82, 2.24) is 0 Å². The number of ether oxygens (including phenoxy) is 5. The maximum atomic E-state index is 6.14. The minimum atomic E-state index is -0.746. The summed E-state index contributed by atoms with van der Waals surface area (Å²) in [6.45, 7) is 8.80. The van der Waals surface area contributed by atoms with E-state index in [1.165, 1.54) is 0 Å². The van der Waals surface area contributed by atoms with Crippen LogP contribution in [0.5, 0.6) is 0 Å². The van der Waals surface area contributed by atoms with Gasteiger partial charge in [0.25, 0.3) is 0 Å². The van der Waals surface area contributed by atoms with Gasteiger partial charge in [-0.15, -0.1) is 0 Å². The molecule has 3 aliphatic heterocycles. The number of nitrogens with two attached hydrogens (primary N) is 1. The SMILES string of the molecule is CC1(C)O[C@@H]2[C@@H](CO[C@@]3(CCCCN)OC(C)(C)O[C@@H]23)O1. The van der Waals surface area contributed by atoms with Crippen LogP contribution in [-0.4, -0.2) is 48.8 Å². The van der Waals surface area contributed by atoms with Gasteiger partial charge in [0.2, 0.25) is 5.79 Å². The smallest absolute Gasteiger partial charge is 0.200 e. The predicted molar refractivity (Wildman–Crippen MR) is 75.5 cm³/mol. The Morgan fingerprint density at radius 3 is 2.48 bits per heavy atom. The highest BCUT2D eigenvalue weighted by atomic mass is 16.9. The molecule has 2 N–H and O–H groups in total. The summed E-state index contributed by atoms with van der Waals surface area (Å²) in [7, 11) is 0. The summed E-state index contributed by atoms with van der Waals surface area (Å²) in [6, 6.07) is 0. The van der Waals surface area contributed by atoms with E-state index in [0.717, 1.165) is 19.3 Å². The van der Waals surface area contributed by atoms with Crippen molar-refractivity contribution in [3.05, 3.63) is 0 Å². The highest BCUT2D eigenvalue weighted by molar-refractivity contribution is 5.03. The van der Waals surface area contributed by atoms with Gasteiger partial charge in [-0.25, -0.2) is 0 Å². The summed E-state index contributed by atoms with van der Waals surface area (Å²) in [6.07, 6.45) is 2.10. The standard InChI is InChI=1S/C15H27NO5/c1-13(2)18-10-9-17-15(7-5-6-8-16)12(11(10)19-13)20-14(3,4)21-15/h10-12H,5-9,16H2,1-4H3/t10-,11-,12+,15+/m1/s1. The molecule has 0 aromatic rings. The van der Waals surface area contributed by atoms with Crippen molar-refractivity contribution < 1.29 is 23.7 Å². The van der Waals surface area contributed by atoms with E-state index in [1.807, 2.05) is 27.7 Å². The first-order chi connectivity index (χ1) is 9.77. The topological polar surface area (TPSA) is 72.2 Å². The summed E-state index contributed by atoms with van der Waals surface area (Å²) in [5.41, 5.74) is 5.60. The zero-order valence-electron chi connectivity index (χ0n) is 13.4. The Bertz CT molecular complexity index is 400. The molecule has 0 radical (unpaired) electrons. The molecule has 0 aromatic heterocycles. The zero-order valence-corrected chi connectivity index (χ0v) is 13.4. The second-order valence-corrected chi connectivity index (χ2v) is 7.05. The van der Waals surface area contributed by atoms with Crippen molar-refractivity contribution in [2.24, 2.45) is 5.73 Å². The van der Waals surface area contributed by atoms with Crippen LogP contribution in [0.25, 0.3) is 0 Å². The molecular formula is C15H27NO5. The number of unbranched alkanes of at least 4 members (excludes halogenated alkanes) is 1. The summed E-state index contributed by atoms with van der Waals surface area (Å²) >= 11 is 0. The molecular weight excluding hydrogens is 274 g/mol. The summed E-state index contributed by atoms with van der Waals surface area (Å²) in [4.78, 5) is 0. The molecule has 122 valence electrons. The number of hydrogen-bond donors (Lipinski definition) is 1. The lowest BCUT2D eigenvalue weighted by Gasteiger charge is -2.41. The molecule has 0 saturated carbocycles. The Morgan fingerprint density at radius 1 is 1.00 bits per heavy atom. The molecule has 0 bridgehead atoms. The normalized spacial score (nSPS) is 43.6. The molecule has 3 rings (SSSR count).